The molecule has 2 rings (SSSR count). The van der Waals surface area contributed by atoms with E-state index in [-0.39, 0.29) is 11.5 Å². The van der Waals surface area contributed by atoms with Crippen molar-refractivity contribution in [3.8, 4) is 0 Å². The molecule has 104 valence electrons. The monoisotopic (exact) mass is 262 g/mol. The van der Waals surface area contributed by atoms with Gasteiger partial charge in [0, 0.05) is 12.8 Å². The Bertz CT molecular complexity index is 419. The molecule has 0 aromatic heterocycles. The van der Waals surface area contributed by atoms with Crippen molar-refractivity contribution >= 4 is 11.6 Å². The number of methoxy groups -OCH3 is 1. The van der Waals surface area contributed by atoms with Gasteiger partial charge >= 0.3 is 0 Å². The summed E-state index contributed by atoms with van der Waals surface area (Å²) in [6.07, 6.45) is 4.41. The Balaban J connectivity index is 1.88. The second-order valence-corrected chi connectivity index (χ2v) is 5.20. The smallest absolute Gasteiger partial charge is 0.227 e. The van der Waals surface area contributed by atoms with E-state index in [2.05, 4.69) is 5.32 Å². The maximum atomic E-state index is 12.0. The molecule has 0 radical (unpaired) electrons. The van der Waals surface area contributed by atoms with Crippen LogP contribution in [0.2, 0.25) is 0 Å². The van der Waals surface area contributed by atoms with E-state index >= 15 is 0 Å². The second kappa shape index (κ2) is 6.17. The van der Waals surface area contributed by atoms with E-state index in [4.69, 9.17) is 10.5 Å². The summed E-state index contributed by atoms with van der Waals surface area (Å²) < 4.78 is 5.46. The number of ether oxygens (including phenoxy) is 1. The molecule has 0 bridgehead atoms. The Kier molecular flexibility index (Phi) is 4.56. The van der Waals surface area contributed by atoms with Gasteiger partial charge in [-0.25, -0.2) is 0 Å². The zero-order valence-electron chi connectivity index (χ0n) is 11.4. The fourth-order valence-electron chi connectivity index (χ4n) is 2.44. The number of nitrogens with one attached hydrogen (secondary N) is 1. The molecular formula is C15H22N2O2. The van der Waals surface area contributed by atoms with Gasteiger partial charge in [-0.15, -0.1) is 0 Å². The van der Waals surface area contributed by atoms with E-state index in [1.165, 1.54) is 5.56 Å². The maximum absolute atomic E-state index is 12.0. The van der Waals surface area contributed by atoms with Gasteiger partial charge in [0.25, 0.3) is 0 Å². The average Bonchev–Trinajstić information content (AvgIpc) is 2.37. The van der Waals surface area contributed by atoms with Crippen LogP contribution >= 0.6 is 0 Å². The van der Waals surface area contributed by atoms with Gasteiger partial charge in [0.2, 0.25) is 5.91 Å². The molecule has 1 aliphatic rings. The summed E-state index contributed by atoms with van der Waals surface area (Å²) in [6.45, 7) is 0.641. The third kappa shape index (κ3) is 3.55. The van der Waals surface area contributed by atoms with Crippen molar-refractivity contribution in [2.45, 2.75) is 37.7 Å². The fourth-order valence-corrected chi connectivity index (χ4v) is 2.44. The molecular weight excluding hydrogens is 240 g/mol. The minimum Gasteiger partial charge on any atom is -0.378 e. The van der Waals surface area contributed by atoms with Crippen LogP contribution in [0, 0.1) is 0 Å². The van der Waals surface area contributed by atoms with E-state index in [0.29, 0.717) is 13.0 Å². The highest BCUT2D eigenvalue weighted by Crippen LogP contribution is 2.38. The van der Waals surface area contributed by atoms with Crippen molar-refractivity contribution < 1.29 is 9.53 Å². The predicted molar refractivity (Wildman–Crippen MR) is 76.0 cm³/mol. The Morgan fingerprint density at radius 2 is 2.05 bits per heavy atom. The largest absolute Gasteiger partial charge is 0.378 e. The number of rotatable bonds is 6. The maximum Gasteiger partial charge on any atom is 0.227 e. The van der Waals surface area contributed by atoms with Crippen LogP contribution in [-0.4, -0.2) is 25.2 Å². The van der Waals surface area contributed by atoms with Crippen LogP contribution in [0.1, 0.15) is 31.2 Å². The van der Waals surface area contributed by atoms with Gasteiger partial charge < -0.3 is 15.8 Å². The van der Waals surface area contributed by atoms with Gasteiger partial charge in [0.1, 0.15) is 0 Å². The molecule has 0 heterocycles. The van der Waals surface area contributed by atoms with Crippen LogP contribution in [0.25, 0.3) is 0 Å². The molecule has 0 atom stereocenters. The van der Waals surface area contributed by atoms with Gasteiger partial charge in [0.05, 0.1) is 12.0 Å². The molecule has 1 aliphatic carbocycles. The van der Waals surface area contributed by atoms with E-state index in [1.807, 2.05) is 24.3 Å². The molecule has 0 saturated heterocycles. The van der Waals surface area contributed by atoms with E-state index in [9.17, 15) is 4.79 Å². The number of nitrogens with two attached hydrogens (primary N) is 1. The summed E-state index contributed by atoms with van der Waals surface area (Å²) in [7, 11) is 1.69. The van der Waals surface area contributed by atoms with Crippen LogP contribution in [0.3, 0.4) is 0 Å². The minimum absolute atomic E-state index is 0.0214. The number of hydrogen-bond acceptors (Lipinski definition) is 3. The molecule has 1 fully saturated rings. The first-order valence-electron chi connectivity index (χ1n) is 6.81. The van der Waals surface area contributed by atoms with Gasteiger partial charge in [-0.1, -0.05) is 12.1 Å². The molecule has 0 aliphatic heterocycles. The van der Waals surface area contributed by atoms with Gasteiger partial charge in [-0.05, 0) is 49.9 Å². The number of amides is 1. The molecule has 0 spiro atoms. The van der Waals surface area contributed by atoms with Crippen LogP contribution in [0.15, 0.2) is 24.3 Å². The fraction of sp³-hybridized carbons (Fsp3) is 0.533. The van der Waals surface area contributed by atoms with Gasteiger partial charge in [-0.2, -0.15) is 0 Å². The number of benzene rings is 1. The third-order valence-electron chi connectivity index (χ3n) is 3.85. The second-order valence-electron chi connectivity index (χ2n) is 5.20. The molecule has 1 aromatic rings. The summed E-state index contributed by atoms with van der Waals surface area (Å²) >= 11 is 0. The first-order valence-corrected chi connectivity index (χ1v) is 6.81. The van der Waals surface area contributed by atoms with Crippen molar-refractivity contribution in [3.05, 3.63) is 29.8 Å². The number of anilines is 1. The molecule has 4 heteroatoms. The quantitative estimate of drug-likeness (QED) is 0.825. The van der Waals surface area contributed by atoms with Crippen molar-refractivity contribution in [1.82, 2.24) is 0 Å². The lowest BCUT2D eigenvalue weighted by Crippen LogP contribution is -2.42. The Morgan fingerprint density at radius 3 is 2.53 bits per heavy atom. The Hall–Kier alpha value is -1.39. The standard InChI is InChI=1S/C15H22N2O2/c1-19-15(8-2-9-15)11-14(18)17-13-5-3-12(4-6-13)7-10-16/h3-6H,2,7-11,16H2,1H3,(H,17,18). The Labute approximate surface area is 114 Å². The molecule has 1 aromatic carbocycles. The van der Waals surface area contributed by atoms with Gasteiger partial charge in [0.15, 0.2) is 0 Å². The highest BCUT2D eigenvalue weighted by atomic mass is 16.5. The molecule has 19 heavy (non-hydrogen) atoms. The molecule has 3 N–H and O–H groups in total. The van der Waals surface area contributed by atoms with Crippen LogP contribution in [-0.2, 0) is 16.0 Å². The third-order valence-corrected chi connectivity index (χ3v) is 3.85. The lowest BCUT2D eigenvalue weighted by molar-refractivity contribution is -0.129. The number of carbonyl (C=O) groups excluding carboxylic acids is 1. The minimum atomic E-state index is -0.219. The van der Waals surface area contributed by atoms with Crippen LogP contribution in [0.4, 0.5) is 5.69 Å². The van der Waals surface area contributed by atoms with Crippen molar-refractivity contribution in [2.75, 3.05) is 19.0 Å². The molecule has 1 saturated carbocycles. The average molecular weight is 262 g/mol. The van der Waals surface area contributed by atoms with Crippen molar-refractivity contribution in [2.24, 2.45) is 5.73 Å². The Morgan fingerprint density at radius 1 is 1.37 bits per heavy atom. The summed E-state index contributed by atoms with van der Waals surface area (Å²) in [6, 6.07) is 7.84. The summed E-state index contributed by atoms with van der Waals surface area (Å²) in [4.78, 5) is 12.0. The SMILES string of the molecule is COC1(CC(=O)Nc2ccc(CCN)cc2)CCC1. The predicted octanol–water partition coefficient (Wildman–Crippen LogP) is 2.09. The van der Waals surface area contributed by atoms with Gasteiger partial charge in [-0.3, -0.25) is 4.79 Å². The lowest BCUT2D eigenvalue weighted by atomic mass is 9.77. The van der Waals surface area contributed by atoms with E-state index in [0.717, 1.165) is 31.4 Å². The first-order chi connectivity index (χ1) is 9.17. The topological polar surface area (TPSA) is 64.3 Å². The zero-order valence-corrected chi connectivity index (χ0v) is 11.4. The van der Waals surface area contributed by atoms with E-state index < -0.39 is 0 Å². The lowest BCUT2D eigenvalue weighted by Gasteiger charge is -2.39. The highest BCUT2D eigenvalue weighted by Gasteiger charge is 2.38. The first kappa shape index (κ1) is 14.0. The van der Waals surface area contributed by atoms with Crippen LogP contribution < -0.4 is 11.1 Å². The van der Waals surface area contributed by atoms with Crippen LogP contribution in [0.5, 0.6) is 0 Å². The zero-order chi connectivity index (χ0) is 13.7. The van der Waals surface area contributed by atoms with E-state index in [1.54, 1.807) is 7.11 Å². The number of hydrogen-bond donors (Lipinski definition) is 2. The highest BCUT2D eigenvalue weighted by molar-refractivity contribution is 5.91. The summed E-state index contributed by atoms with van der Waals surface area (Å²) in [5.41, 5.74) is 7.30. The van der Waals surface area contributed by atoms with Crippen molar-refractivity contribution in [1.29, 1.82) is 0 Å². The molecule has 4 nitrogen and oxygen atoms in total. The number of carbonyl (C=O) groups is 1. The van der Waals surface area contributed by atoms with Crippen molar-refractivity contribution in [3.63, 3.8) is 0 Å². The molecule has 1 amide bonds. The summed E-state index contributed by atoms with van der Waals surface area (Å²) in [5, 5.41) is 2.92. The summed E-state index contributed by atoms with van der Waals surface area (Å²) in [5.74, 6) is 0.0214. The molecule has 0 unspecified atom stereocenters. The normalized spacial score (nSPS) is 16.7.